The van der Waals surface area contributed by atoms with Gasteiger partial charge in [0.2, 0.25) is 0 Å². The number of hydrogen-bond acceptors (Lipinski definition) is 3. The number of amides is 3. The van der Waals surface area contributed by atoms with Crippen molar-refractivity contribution in [3.63, 3.8) is 0 Å². The molecule has 17 heavy (non-hydrogen) atoms. The predicted molar refractivity (Wildman–Crippen MR) is 67.0 cm³/mol. The van der Waals surface area contributed by atoms with Gasteiger partial charge in [0.15, 0.2) is 0 Å². The zero-order valence-corrected chi connectivity index (χ0v) is 10.2. The Balaban J connectivity index is 1.96. The van der Waals surface area contributed by atoms with E-state index in [9.17, 15) is 9.59 Å². The van der Waals surface area contributed by atoms with Gasteiger partial charge >= 0.3 is 6.03 Å². The summed E-state index contributed by atoms with van der Waals surface area (Å²) in [5, 5.41) is 0. The molecule has 3 rings (SSSR count). The van der Waals surface area contributed by atoms with Gasteiger partial charge < -0.3 is 4.90 Å². The molecule has 0 aliphatic carbocycles. The number of imide groups is 1. The number of urea groups is 1. The van der Waals surface area contributed by atoms with Crippen LogP contribution < -0.4 is 4.90 Å². The first-order valence-electron chi connectivity index (χ1n) is 5.47. The van der Waals surface area contributed by atoms with Crippen molar-refractivity contribution in [1.29, 1.82) is 0 Å². The van der Waals surface area contributed by atoms with E-state index in [1.807, 2.05) is 31.2 Å². The first-order valence-corrected chi connectivity index (χ1v) is 6.63. The SMILES string of the molecule is Cc1ccc(N2C(=O)[C@H]3CSCN3C2=O)cc1. The lowest BCUT2D eigenvalue weighted by Crippen LogP contribution is -2.32. The van der Waals surface area contributed by atoms with Crippen LogP contribution in [0.25, 0.3) is 0 Å². The van der Waals surface area contributed by atoms with E-state index >= 15 is 0 Å². The quantitative estimate of drug-likeness (QED) is 0.712. The third-order valence-corrected chi connectivity index (χ3v) is 4.13. The maximum absolute atomic E-state index is 12.1. The van der Waals surface area contributed by atoms with Crippen LogP contribution in [0.4, 0.5) is 10.5 Å². The van der Waals surface area contributed by atoms with E-state index < -0.39 is 0 Å². The molecule has 0 bridgehead atoms. The Hall–Kier alpha value is -1.49. The van der Waals surface area contributed by atoms with Crippen molar-refractivity contribution < 1.29 is 9.59 Å². The predicted octanol–water partition coefficient (Wildman–Crippen LogP) is 1.84. The first-order chi connectivity index (χ1) is 8.18. The summed E-state index contributed by atoms with van der Waals surface area (Å²) >= 11 is 1.63. The summed E-state index contributed by atoms with van der Waals surface area (Å²) in [4.78, 5) is 27.2. The molecule has 0 aromatic heterocycles. The largest absolute Gasteiger partial charge is 0.332 e. The van der Waals surface area contributed by atoms with Gasteiger partial charge in [-0.05, 0) is 19.1 Å². The number of carbonyl (C=O) groups excluding carboxylic acids is 2. The Morgan fingerprint density at radius 2 is 1.94 bits per heavy atom. The van der Waals surface area contributed by atoms with Crippen LogP contribution in [0.1, 0.15) is 5.56 Å². The number of carbonyl (C=O) groups is 2. The first kappa shape index (κ1) is 10.7. The van der Waals surface area contributed by atoms with E-state index in [1.54, 1.807) is 16.7 Å². The van der Waals surface area contributed by atoms with Crippen LogP contribution in [0, 0.1) is 6.92 Å². The van der Waals surface area contributed by atoms with Gasteiger partial charge in [-0.1, -0.05) is 17.7 Å². The van der Waals surface area contributed by atoms with Crippen molar-refractivity contribution in [3.05, 3.63) is 29.8 Å². The van der Waals surface area contributed by atoms with Crippen LogP contribution in [-0.4, -0.2) is 34.5 Å². The van der Waals surface area contributed by atoms with Crippen molar-refractivity contribution in [2.45, 2.75) is 13.0 Å². The molecule has 1 aromatic carbocycles. The molecular formula is C12H12N2O2S. The Morgan fingerprint density at radius 3 is 2.59 bits per heavy atom. The van der Waals surface area contributed by atoms with Gasteiger partial charge in [-0.2, -0.15) is 0 Å². The molecule has 1 atom stereocenters. The van der Waals surface area contributed by atoms with Crippen LogP contribution in [0.5, 0.6) is 0 Å². The van der Waals surface area contributed by atoms with E-state index in [4.69, 9.17) is 0 Å². The van der Waals surface area contributed by atoms with Crippen molar-refractivity contribution in [2.75, 3.05) is 16.5 Å². The number of nitrogens with zero attached hydrogens (tertiary/aromatic N) is 2. The molecule has 88 valence electrons. The van der Waals surface area contributed by atoms with Crippen LogP contribution in [0.15, 0.2) is 24.3 Å². The summed E-state index contributed by atoms with van der Waals surface area (Å²) in [5.41, 5.74) is 1.79. The molecule has 2 aliphatic rings. The average Bonchev–Trinajstić information content (AvgIpc) is 2.87. The molecule has 2 fully saturated rings. The molecule has 5 heteroatoms. The van der Waals surface area contributed by atoms with Gasteiger partial charge in [0, 0.05) is 5.75 Å². The summed E-state index contributed by atoms with van der Waals surface area (Å²) in [6, 6.07) is 7.02. The second kappa shape index (κ2) is 3.77. The number of fused-ring (bicyclic) bond motifs is 1. The Bertz CT molecular complexity index is 464. The van der Waals surface area contributed by atoms with Gasteiger partial charge in [0.25, 0.3) is 5.91 Å². The van der Waals surface area contributed by atoms with E-state index in [0.29, 0.717) is 17.3 Å². The van der Waals surface area contributed by atoms with Crippen molar-refractivity contribution in [2.24, 2.45) is 0 Å². The molecule has 2 saturated heterocycles. The van der Waals surface area contributed by atoms with Crippen molar-refractivity contribution in [3.8, 4) is 0 Å². The normalized spacial score (nSPS) is 23.5. The summed E-state index contributed by atoms with van der Waals surface area (Å²) in [5.74, 6) is 1.24. The molecule has 2 heterocycles. The standard InChI is InChI=1S/C12H12N2O2S/c1-8-2-4-9(5-3-8)14-11(15)10-6-17-7-13(10)12(14)16/h2-5,10H,6-7H2,1H3/t10-/m1/s1. The number of aryl methyl sites for hydroxylation is 1. The lowest BCUT2D eigenvalue weighted by atomic mass is 10.2. The maximum atomic E-state index is 12.1. The fourth-order valence-electron chi connectivity index (χ4n) is 2.14. The molecule has 2 aliphatic heterocycles. The second-order valence-corrected chi connectivity index (χ2v) is 5.28. The lowest BCUT2D eigenvalue weighted by Gasteiger charge is -2.15. The number of thioether (sulfide) groups is 1. The molecule has 0 saturated carbocycles. The molecule has 4 nitrogen and oxygen atoms in total. The van der Waals surface area contributed by atoms with E-state index in [-0.39, 0.29) is 18.0 Å². The highest BCUT2D eigenvalue weighted by molar-refractivity contribution is 7.99. The fourth-order valence-corrected chi connectivity index (χ4v) is 3.28. The van der Waals surface area contributed by atoms with E-state index in [1.165, 1.54) is 4.90 Å². The minimum Gasteiger partial charge on any atom is -0.302 e. The Labute approximate surface area is 104 Å². The van der Waals surface area contributed by atoms with E-state index in [0.717, 1.165) is 5.56 Å². The topological polar surface area (TPSA) is 40.6 Å². The van der Waals surface area contributed by atoms with Crippen LogP contribution in [0.2, 0.25) is 0 Å². The summed E-state index contributed by atoms with van der Waals surface area (Å²) in [7, 11) is 0. The zero-order valence-electron chi connectivity index (χ0n) is 9.42. The Kier molecular flexibility index (Phi) is 2.36. The smallest absolute Gasteiger partial charge is 0.302 e. The maximum Gasteiger partial charge on any atom is 0.332 e. The minimum atomic E-state index is -0.256. The Morgan fingerprint density at radius 1 is 1.24 bits per heavy atom. The van der Waals surface area contributed by atoms with Gasteiger partial charge in [-0.3, -0.25) is 4.79 Å². The van der Waals surface area contributed by atoms with Gasteiger partial charge in [0.1, 0.15) is 6.04 Å². The van der Waals surface area contributed by atoms with E-state index in [2.05, 4.69) is 0 Å². The zero-order chi connectivity index (χ0) is 12.0. The third kappa shape index (κ3) is 1.53. The van der Waals surface area contributed by atoms with Gasteiger partial charge in [0.05, 0.1) is 11.6 Å². The highest BCUT2D eigenvalue weighted by atomic mass is 32.2. The summed E-state index contributed by atoms with van der Waals surface area (Å²) in [6.07, 6.45) is 0. The van der Waals surface area contributed by atoms with Crippen LogP contribution >= 0.6 is 11.8 Å². The highest BCUT2D eigenvalue weighted by Crippen LogP contribution is 2.32. The molecule has 0 N–H and O–H groups in total. The molecule has 0 radical (unpaired) electrons. The van der Waals surface area contributed by atoms with Gasteiger partial charge in [-0.15, -0.1) is 11.8 Å². The number of rotatable bonds is 1. The third-order valence-electron chi connectivity index (χ3n) is 3.12. The molecule has 3 amide bonds. The lowest BCUT2D eigenvalue weighted by molar-refractivity contribution is -0.118. The molecular weight excluding hydrogens is 236 g/mol. The molecule has 1 aromatic rings. The fraction of sp³-hybridized carbons (Fsp3) is 0.333. The number of anilines is 1. The summed E-state index contributed by atoms with van der Waals surface area (Å²) < 4.78 is 0. The summed E-state index contributed by atoms with van der Waals surface area (Å²) in [6.45, 7) is 1.98. The average molecular weight is 248 g/mol. The second-order valence-electron chi connectivity index (χ2n) is 4.28. The van der Waals surface area contributed by atoms with Crippen LogP contribution in [0.3, 0.4) is 0 Å². The van der Waals surface area contributed by atoms with Crippen molar-refractivity contribution >= 4 is 29.4 Å². The van der Waals surface area contributed by atoms with Gasteiger partial charge in [-0.25, -0.2) is 9.69 Å². The highest BCUT2D eigenvalue weighted by Gasteiger charge is 2.48. The number of hydrogen-bond donors (Lipinski definition) is 0. The molecule has 0 spiro atoms. The minimum absolute atomic E-state index is 0.0937. The monoisotopic (exact) mass is 248 g/mol. The van der Waals surface area contributed by atoms with Crippen molar-refractivity contribution in [1.82, 2.24) is 4.90 Å². The van der Waals surface area contributed by atoms with Crippen LogP contribution in [-0.2, 0) is 4.79 Å². The molecule has 0 unspecified atom stereocenters. The number of benzene rings is 1.